The van der Waals surface area contributed by atoms with Crippen LogP contribution in [0.4, 0.5) is 0 Å². The zero-order valence-corrected chi connectivity index (χ0v) is 12.2. The van der Waals surface area contributed by atoms with Crippen molar-refractivity contribution in [1.82, 2.24) is 15.8 Å². The third kappa shape index (κ3) is 2.12. The molecule has 0 aromatic rings. The Kier molecular flexibility index (Phi) is 3.00. The minimum absolute atomic E-state index is 0.0520. The molecule has 19 heavy (non-hydrogen) atoms. The normalized spacial score (nSPS) is 32.8. The second kappa shape index (κ2) is 4.33. The van der Waals surface area contributed by atoms with Gasteiger partial charge in [0.25, 0.3) is 0 Å². The molecule has 0 spiro atoms. The van der Waals surface area contributed by atoms with Crippen LogP contribution in [0.2, 0.25) is 0 Å². The number of nitrogens with one attached hydrogen (secondary N) is 2. The molecule has 0 bridgehead atoms. The quantitative estimate of drug-likeness (QED) is 0.700. The van der Waals surface area contributed by atoms with E-state index < -0.39 is 5.60 Å². The topological polar surface area (TPSA) is 47.5 Å². The molecule has 1 fully saturated rings. The monoisotopic (exact) mass is 263 g/mol. The second-order valence-electron chi connectivity index (χ2n) is 6.77. The average molecular weight is 263 g/mol. The van der Waals surface area contributed by atoms with Gasteiger partial charge in [0, 0.05) is 6.54 Å². The molecule has 0 aromatic carbocycles. The average Bonchev–Trinajstić information content (AvgIpc) is 2.94. The van der Waals surface area contributed by atoms with Crippen molar-refractivity contribution in [2.75, 3.05) is 19.6 Å². The molecule has 106 valence electrons. The van der Waals surface area contributed by atoms with Gasteiger partial charge < -0.3 is 10.5 Å². The van der Waals surface area contributed by atoms with Gasteiger partial charge in [0.2, 0.25) is 0 Å². The highest BCUT2D eigenvalue weighted by Gasteiger charge is 2.42. The molecule has 1 unspecified atom stereocenters. The standard InChI is InChI=1S/C15H25N3O/c1-14(2,19)11-5-8-18(9-6-11)15(3)7-4-13-12(15)10-16-17-13/h4,7,11,16-17,19H,5-6,8-10H2,1-3H3. The molecule has 1 atom stereocenters. The summed E-state index contributed by atoms with van der Waals surface area (Å²) in [6.45, 7) is 9.24. The molecule has 3 rings (SSSR count). The minimum atomic E-state index is -0.542. The first-order chi connectivity index (χ1) is 8.91. The van der Waals surface area contributed by atoms with Gasteiger partial charge in [-0.2, -0.15) is 0 Å². The molecule has 0 radical (unpaired) electrons. The van der Waals surface area contributed by atoms with Crippen molar-refractivity contribution in [2.24, 2.45) is 5.92 Å². The number of nitrogens with zero attached hydrogens (tertiary/aromatic N) is 1. The number of likely N-dealkylation sites (tertiary alicyclic amines) is 1. The Morgan fingerprint density at radius 2 is 2.05 bits per heavy atom. The SMILES string of the molecule is CC(C)(O)C1CCN(C2(C)C=CC3=C2CNN3)CC1. The van der Waals surface area contributed by atoms with Gasteiger partial charge in [-0.1, -0.05) is 6.08 Å². The second-order valence-corrected chi connectivity index (χ2v) is 6.77. The molecule has 0 aromatic heterocycles. The van der Waals surface area contributed by atoms with Gasteiger partial charge in [0.15, 0.2) is 0 Å². The van der Waals surface area contributed by atoms with E-state index in [-0.39, 0.29) is 5.54 Å². The molecule has 2 heterocycles. The zero-order chi connectivity index (χ0) is 13.7. The Labute approximate surface area is 115 Å². The van der Waals surface area contributed by atoms with Crippen LogP contribution in [0.5, 0.6) is 0 Å². The Morgan fingerprint density at radius 3 is 2.68 bits per heavy atom. The fraction of sp³-hybridized carbons (Fsp3) is 0.733. The van der Waals surface area contributed by atoms with Gasteiger partial charge in [0.1, 0.15) is 0 Å². The number of hydrogen-bond acceptors (Lipinski definition) is 4. The molecule has 1 saturated heterocycles. The first kappa shape index (κ1) is 13.2. The first-order valence-electron chi connectivity index (χ1n) is 7.30. The van der Waals surface area contributed by atoms with Crippen molar-refractivity contribution in [3.8, 4) is 0 Å². The van der Waals surface area contributed by atoms with Crippen LogP contribution in [0.3, 0.4) is 0 Å². The highest BCUT2D eigenvalue weighted by Crippen LogP contribution is 2.38. The van der Waals surface area contributed by atoms with Crippen molar-refractivity contribution in [1.29, 1.82) is 0 Å². The molecule has 4 nitrogen and oxygen atoms in total. The van der Waals surface area contributed by atoms with Crippen LogP contribution in [0.25, 0.3) is 0 Å². The van der Waals surface area contributed by atoms with E-state index >= 15 is 0 Å². The van der Waals surface area contributed by atoms with Gasteiger partial charge in [0.05, 0.1) is 16.8 Å². The summed E-state index contributed by atoms with van der Waals surface area (Å²) in [5, 5.41) is 10.1. The van der Waals surface area contributed by atoms with Crippen LogP contribution in [-0.2, 0) is 0 Å². The van der Waals surface area contributed by atoms with Crippen molar-refractivity contribution in [3.05, 3.63) is 23.4 Å². The Morgan fingerprint density at radius 1 is 1.37 bits per heavy atom. The first-order valence-corrected chi connectivity index (χ1v) is 7.30. The smallest absolute Gasteiger partial charge is 0.0620 e. The van der Waals surface area contributed by atoms with Crippen molar-refractivity contribution in [3.63, 3.8) is 0 Å². The Hall–Kier alpha value is -0.840. The molecule has 2 aliphatic heterocycles. The predicted molar refractivity (Wildman–Crippen MR) is 76.3 cm³/mol. The van der Waals surface area contributed by atoms with Crippen molar-refractivity contribution in [2.45, 2.75) is 44.8 Å². The van der Waals surface area contributed by atoms with E-state index in [1.165, 1.54) is 11.3 Å². The maximum absolute atomic E-state index is 10.1. The predicted octanol–water partition coefficient (Wildman–Crippen LogP) is 1.16. The number of hydrogen-bond donors (Lipinski definition) is 3. The number of piperidine rings is 1. The van der Waals surface area contributed by atoms with E-state index in [1.807, 2.05) is 13.8 Å². The van der Waals surface area contributed by atoms with E-state index in [0.717, 1.165) is 32.5 Å². The van der Waals surface area contributed by atoms with Crippen LogP contribution >= 0.6 is 0 Å². The lowest BCUT2D eigenvalue weighted by Crippen LogP contribution is -2.52. The van der Waals surface area contributed by atoms with Crippen LogP contribution in [-0.4, -0.2) is 40.8 Å². The highest BCUT2D eigenvalue weighted by molar-refractivity contribution is 5.47. The summed E-state index contributed by atoms with van der Waals surface area (Å²) in [6.07, 6.45) is 6.67. The third-order valence-corrected chi connectivity index (χ3v) is 5.15. The number of hydrazine groups is 1. The molecule has 3 aliphatic rings. The summed E-state index contributed by atoms with van der Waals surface area (Å²) in [6, 6.07) is 0. The maximum Gasteiger partial charge on any atom is 0.0620 e. The number of rotatable bonds is 2. The van der Waals surface area contributed by atoms with E-state index in [2.05, 4.69) is 34.8 Å². The van der Waals surface area contributed by atoms with Crippen LogP contribution in [0.15, 0.2) is 23.4 Å². The van der Waals surface area contributed by atoms with Crippen LogP contribution in [0.1, 0.15) is 33.6 Å². The summed E-state index contributed by atoms with van der Waals surface area (Å²) < 4.78 is 0. The zero-order valence-electron chi connectivity index (χ0n) is 12.2. The van der Waals surface area contributed by atoms with Crippen LogP contribution < -0.4 is 10.9 Å². The van der Waals surface area contributed by atoms with Gasteiger partial charge >= 0.3 is 0 Å². The molecular formula is C15H25N3O. The molecule has 0 saturated carbocycles. The lowest BCUT2D eigenvalue weighted by Gasteiger charge is -2.45. The highest BCUT2D eigenvalue weighted by atomic mass is 16.3. The third-order valence-electron chi connectivity index (χ3n) is 5.15. The summed E-state index contributed by atoms with van der Waals surface area (Å²) in [5.41, 5.74) is 8.64. The van der Waals surface area contributed by atoms with E-state index in [9.17, 15) is 5.11 Å². The molecular weight excluding hydrogens is 238 g/mol. The lowest BCUT2D eigenvalue weighted by atomic mass is 9.81. The minimum Gasteiger partial charge on any atom is -0.390 e. The Balaban J connectivity index is 1.71. The van der Waals surface area contributed by atoms with Gasteiger partial charge in [-0.15, -0.1) is 0 Å². The Bertz CT molecular complexity index is 427. The number of aliphatic hydroxyl groups is 1. The summed E-state index contributed by atoms with van der Waals surface area (Å²) in [4.78, 5) is 2.56. The van der Waals surface area contributed by atoms with Gasteiger partial charge in [-0.05, 0) is 64.3 Å². The van der Waals surface area contributed by atoms with E-state index in [0.29, 0.717) is 5.92 Å². The molecule has 0 amide bonds. The molecule has 4 heteroatoms. The lowest BCUT2D eigenvalue weighted by molar-refractivity contribution is -0.0212. The molecule has 3 N–H and O–H groups in total. The van der Waals surface area contributed by atoms with Crippen molar-refractivity contribution < 1.29 is 5.11 Å². The van der Waals surface area contributed by atoms with E-state index in [4.69, 9.17) is 0 Å². The van der Waals surface area contributed by atoms with Gasteiger partial charge in [-0.25, -0.2) is 5.43 Å². The maximum atomic E-state index is 10.1. The summed E-state index contributed by atoms with van der Waals surface area (Å²) in [7, 11) is 0. The fourth-order valence-electron chi connectivity index (χ4n) is 3.69. The summed E-state index contributed by atoms with van der Waals surface area (Å²) >= 11 is 0. The van der Waals surface area contributed by atoms with Gasteiger partial charge in [-0.3, -0.25) is 4.90 Å². The van der Waals surface area contributed by atoms with Crippen LogP contribution in [0, 0.1) is 5.92 Å². The van der Waals surface area contributed by atoms with E-state index in [1.54, 1.807) is 0 Å². The van der Waals surface area contributed by atoms with Crippen molar-refractivity contribution >= 4 is 0 Å². The summed E-state index contributed by atoms with van der Waals surface area (Å²) in [5.74, 6) is 0.422. The number of allylic oxidation sites excluding steroid dienone is 1. The molecule has 1 aliphatic carbocycles. The fourth-order valence-corrected chi connectivity index (χ4v) is 3.69. The largest absolute Gasteiger partial charge is 0.390 e.